The maximum Gasteiger partial charge on any atom is 0.309 e. The van der Waals surface area contributed by atoms with E-state index in [1.54, 1.807) is 6.92 Å². The number of esters is 1. The standard InChI is InChI=1S/C8H13NO4/c1-3-7(9(11)12)5-4-6-8(10)13-2/h4-5,7H,3,6H2,1-2H3/b5-4+. The molecule has 0 aliphatic heterocycles. The minimum absolute atomic E-state index is 0.0842. The van der Waals surface area contributed by atoms with Crippen LogP contribution in [0.25, 0.3) is 0 Å². The maximum atomic E-state index is 10.6. The first kappa shape index (κ1) is 11.6. The van der Waals surface area contributed by atoms with Crippen LogP contribution in [-0.2, 0) is 9.53 Å². The molecule has 0 aromatic carbocycles. The Hall–Kier alpha value is -1.39. The highest BCUT2D eigenvalue weighted by Gasteiger charge is 2.11. The molecule has 5 nitrogen and oxygen atoms in total. The molecule has 0 saturated heterocycles. The number of nitrogens with zero attached hydrogens (tertiary/aromatic N) is 1. The van der Waals surface area contributed by atoms with Crippen LogP contribution in [0.15, 0.2) is 12.2 Å². The molecular weight excluding hydrogens is 174 g/mol. The number of methoxy groups -OCH3 is 1. The third-order valence-corrected chi connectivity index (χ3v) is 1.56. The summed E-state index contributed by atoms with van der Waals surface area (Å²) in [4.78, 5) is 20.5. The minimum atomic E-state index is -0.704. The lowest BCUT2D eigenvalue weighted by Gasteiger charge is -1.99. The number of hydrogen-bond donors (Lipinski definition) is 0. The zero-order valence-electron chi connectivity index (χ0n) is 7.73. The lowest BCUT2D eigenvalue weighted by atomic mass is 10.2. The van der Waals surface area contributed by atoms with Gasteiger partial charge in [-0.15, -0.1) is 0 Å². The number of carbonyl (C=O) groups excluding carboxylic acids is 1. The van der Waals surface area contributed by atoms with Crippen molar-refractivity contribution in [1.82, 2.24) is 0 Å². The van der Waals surface area contributed by atoms with Gasteiger partial charge in [0.2, 0.25) is 6.04 Å². The normalized spacial score (nSPS) is 12.8. The average Bonchev–Trinajstić information content (AvgIpc) is 2.11. The lowest BCUT2D eigenvalue weighted by Crippen LogP contribution is -2.15. The summed E-state index contributed by atoms with van der Waals surface area (Å²) >= 11 is 0. The quantitative estimate of drug-likeness (QED) is 0.280. The first-order valence-electron chi connectivity index (χ1n) is 3.98. The number of carbonyl (C=O) groups is 1. The molecule has 0 saturated carbocycles. The van der Waals surface area contributed by atoms with E-state index in [4.69, 9.17) is 0 Å². The molecule has 0 amide bonds. The molecule has 0 radical (unpaired) electrons. The smallest absolute Gasteiger partial charge is 0.309 e. The van der Waals surface area contributed by atoms with Crippen molar-refractivity contribution in [2.75, 3.05) is 7.11 Å². The van der Waals surface area contributed by atoms with E-state index in [1.807, 2.05) is 0 Å². The fourth-order valence-corrected chi connectivity index (χ4v) is 0.760. The van der Waals surface area contributed by atoms with E-state index >= 15 is 0 Å². The van der Waals surface area contributed by atoms with E-state index in [1.165, 1.54) is 19.3 Å². The summed E-state index contributed by atoms with van der Waals surface area (Å²) in [5.74, 6) is -0.394. The zero-order valence-corrected chi connectivity index (χ0v) is 7.73. The molecule has 1 unspecified atom stereocenters. The molecule has 0 bridgehead atoms. The van der Waals surface area contributed by atoms with Gasteiger partial charge in [-0.1, -0.05) is 13.0 Å². The molecule has 13 heavy (non-hydrogen) atoms. The number of ether oxygens (including phenoxy) is 1. The summed E-state index contributed by atoms with van der Waals surface area (Å²) in [7, 11) is 1.28. The SMILES string of the molecule is CCC(/C=C/CC(=O)OC)[N+](=O)[O-]. The van der Waals surface area contributed by atoms with Gasteiger partial charge >= 0.3 is 5.97 Å². The fourth-order valence-electron chi connectivity index (χ4n) is 0.760. The highest BCUT2D eigenvalue weighted by molar-refractivity contribution is 5.70. The second-order valence-corrected chi connectivity index (χ2v) is 2.47. The summed E-state index contributed by atoms with van der Waals surface area (Å²) in [6.07, 6.45) is 3.38. The summed E-state index contributed by atoms with van der Waals surface area (Å²) in [6.45, 7) is 1.72. The molecule has 74 valence electrons. The van der Waals surface area contributed by atoms with E-state index in [2.05, 4.69) is 4.74 Å². The molecule has 0 aliphatic carbocycles. The first-order valence-corrected chi connectivity index (χ1v) is 3.98. The Morgan fingerprint density at radius 3 is 2.69 bits per heavy atom. The molecule has 1 atom stereocenters. The monoisotopic (exact) mass is 187 g/mol. The third kappa shape index (κ3) is 4.95. The fraction of sp³-hybridized carbons (Fsp3) is 0.625. The van der Waals surface area contributed by atoms with Gasteiger partial charge in [-0.25, -0.2) is 0 Å². The lowest BCUT2D eigenvalue weighted by molar-refractivity contribution is -0.509. The Labute approximate surface area is 76.5 Å². The van der Waals surface area contributed by atoms with Gasteiger partial charge in [-0.2, -0.15) is 0 Å². The van der Waals surface area contributed by atoms with Crippen molar-refractivity contribution in [3.8, 4) is 0 Å². The van der Waals surface area contributed by atoms with Crippen molar-refractivity contribution in [2.24, 2.45) is 0 Å². The number of nitro groups is 1. The topological polar surface area (TPSA) is 69.4 Å². The van der Waals surface area contributed by atoms with Crippen LogP contribution in [0, 0.1) is 10.1 Å². The third-order valence-electron chi connectivity index (χ3n) is 1.56. The Bertz CT molecular complexity index is 212. The van der Waals surface area contributed by atoms with Crippen molar-refractivity contribution in [3.63, 3.8) is 0 Å². The Morgan fingerprint density at radius 1 is 1.69 bits per heavy atom. The molecule has 0 aromatic rings. The summed E-state index contributed by atoms with van der Waals surface area (Å²) < 4.78 is 4.37. The molecule has 0 heterocycles. The van der Waals surface area contributed by atoms with Crippen molar-refractivity contribution in [3.05, 3.63) is 22.3 Å². The second-order valence-electron chi connectivity index (χ2n) is 2.47. The van der Waals surface area contributed by atoms with Crippen LogP contribution in [0.2, 0.25) is 0 Å². The predicted octanol–water partition coefficient (Wildman–Crippen LogP) is 1.16. The van der Waals surface area contributed by atoms with Crippen LogP contribution in [0.5, 0.6) is 0 Å². The molecule has 0 aromatic heterocycles. The minimum Gasteiger partial charge on any atom is -0.469 e. The van der Waals surface area contributed by atoms with Gasteiger partial charge in [-0.05, 0) is 6.08 Å². The van der Waals surface area contributed by atoms with Crippen molar-refractivity contribution in [2.45, 2.75) is 25.8 Å². The van der Waals surface area contributed by atoms with Crippen LogP contribution in [-0.4, -0.2) is 24.0 Å². The van der Waals surface area contributed by atoms with Crippen LogP contribution in [0.3, 0.4) is 0 Å². The highest BCUT2D eigenvalue weighted by Crippen LogP contribution is 1.99. The van der Waals surface area contributed by atoms with E-state index in [0.29, 0.717) is 6.42 Å². The van der Waals surface area contributed by atoms with Gasteiger partial charge in [0.25, 0.3) is 0 Å². The summed E-state index contributed by atoms with van der Waals surface area (Å²) in [5, 5.41) is 10.3. The Morgan fingerprint density at radius 2 is 2.31 bits per heavy atom. The number of hydrogen-bond acceptors (Lipinski definition) is 4. The van der Waals surface area contributed by atoms with Crippen LogP contribution < -0.4 is 0 Å². The molecule has 0 aliphatic rings. The maximum absolute atomic E-state index is 10.6. The Kier molecular flexibility index (Phi) is 5.50. The predicted molar refractivity (Wildman–Crippen MR) is 46.8 cm³/mol. The molecule has 0 fully saturated rings. The summed E-state index contributed by atoms with van der Waals surface area (Å²) in [6, 6.07) is -0.704. The van der Waals surface area contributed by atoms with Crippen LogP contribution >= 0.6 is 0 Å². The average molecular weight is 187 g/mol. The molecule has 0 rings (SSSR count). The van der Waals surface area contributed by atoms with Crippen molar-refractivity contribution in [1.29, 1.82) is 0 Å². The molecule has 0 spiro atoms. The van der Waals surface area contributed by atoms with Crippen molar-refractivity contribution >= 4 is 5.97 Å². The molecule has 5 heteroatoms. The van der Waals surface area contributed by atoms with E-state index in [0.717, 1.165) is 0 Å². The van der Waals surface area contributed by atoms with E-state index in [-0.39, 0.29) is 11.3 Å². The van der Waals surface area contributed by atoms with Crippen molar-refractivity contribution < 1.29 is 14.5 Å². The van der Waals surface area contributed by atoms with Gasteiger partial charge in [0, 0.05) is 11.3 Å². The van der Waals surface area contributed by atoms with E-state index in [9.17, 15) is 14.9 Å². The van der Waals surface area contributed by atoms with Gasteiger partial charge in [0.1, 0.15) is 0 Å². The van der Waals surface area contributed by atoms with E-state index < -0.39 is 12.0 Å². The second kappa shape index (κ2) is 6.16. The molecular formula is C8H13NO4. The van der Waals surface area contributed by atoms with Crippen LogP contribution in [0.1, 0.15) is 19.8 Å². The molecule has 0 N–H and O–H groups in total. The summed E-state index contributed by atoms with van der Waals surface area (Å²) in [5.41, 5.74) is 0. The van der Waals surface area contributed by atoms with Gasteiger partial charge in [-0.3, -0.25) is 14.9 Å². The highest BCUT2D eigenvalue weighted by atomic mass is 16.6. The first-order chi connectivity index (χ1) is 6.11. The van der Waals surface area contributed by atoms with Gasteiger partial charge in [0.15, 0.2) is 0 Å². The number of rotatable bonds is 5. The van der Waals surface area contributed by atoms with Gasteiger partial charge in [0.05, 0.1) is 13.5 Å². The zero-order chi connectivity index (χ0) is 10.3. The van der Waals surface area contributed by atoms with Crippen LogP contribution in [0.4, 0.5) is 0 Å². The van der Waals surface area contributed by atoms with Gasteiger partial charge < -0.3 is 4.74 Å². The largest absolute Gasteiger partial charge is 0.469 e. The Balaban J connectivity index is 3.94.